The van der Waals surface area contributed by atoms with E-state index in [2.05, 4.69) is 11.0 Å². The highest BCUT2D eigenvalue weighted by molar-refractivity contribution is 7.99. The molecule has 0 N–H and O–H groups in total. The second kappa shape index (κ2) is 9.86. The number of thioether (sulfide) groups is 1. The van der Waals surface area contributed by atoms with Gasteiger partial charge in [-0.15, -0.1) is 11.8 Å². The van der Waals surface area contributed by atoms with Gasteiger partial charge in [-0.05, 0) is 35.7 Å². The van der Waals surface area contributed by atoms with Crippen LogP contribution < -0.4 is 4.90 Å². The average Bonchev–Trinajstić information content (AvgIpc) is 3.20. The number of para-hydroxylation sites is 1. The molecular weight excluding hydrogens is 418 g/mol. The average molecular weight is 444 g/mol. The third-order valence-corrected chi connectivity index (χ3v) is 6.92. The molecule has 2 aliphatic heterocycles. The molecule has 158 valence electrons. The SMILES string of the molecule is O=C(CSCc1ccc(Cl)cc1)N1CCN(CC(=O)N2CCc3ccccc32)CC1. The molecule has 1 saturated heterocycles. The van der Waals surface area contributed by atoms with Crippen LogP contribution in [0.4, 0.5) is 5.69 Å². The zero-order chi connectivity index (χ0) is 20.9. The summed E-state index contributed by atoms with van der Waals surface area (Å²) in [5.74, 6) is 1.60. The minimum absolute atomic E-state index is 0.151. The Morgan fingerprint density at radius 2 is 1.63 bits per heavy atom. The van der Waals surface area contributed by atoms with Crippen LogP contribution in [0.1, 0.15) is 11.1 Å². The Labute approximate surface area is 187 Å². The number of halogens is 1. The molecule has 2 aliphatic rings. The summed E-state index contributed by atoms with van der Waals surface area (Å²) in [5.41, 5.74) is 3.47. The van der Waals surface area contributed by atoms with Gasteiger partial charge in [0.2, 0.25) is 11.8 Å². The molecule has 2 heterocycles. The molecule has 0 unspecified atom stereocenters. The molecule has 0 atom stereocenters. The first kappa shape index (κ1) is 21.2. The maximum absolute atomic E-state index is 12.8. The van der Waals surface area contributed by atoms with Crippen molar-refractivity contribution in [3.63, 3.8) is 0 Å². The van der Waals surface area contributed by atoms with Crippen molar-refractivity contribution < 1.29 is 9.59 Å². The van der Waals surface area contributed by atoms with Crippen LogP contribution in [-0.4, -0.2) is 66.6 Å². The number of carbonyl (C=O) groups excluding carboxylic acids is 2. The molecule has 0 spiro atoms. The number of fused-ring (bicyclic) bond motifs is 1. The van der Waals surface area contributed by atoms with Gasteiger partial charge >= 0.3 is 0 Å². The Balaban J connectivity index is 1.19. The van der Waals surface area contributed by atoms with Gasteiger partial charge in [0.05, 0.1) is 12.3 Å². The first-order valence-electron chi connectivity index (χ1n) is 10.3. The molecule has 7 heteroatoms. The number of amides is 2. The minimum atomic E-state index is 0.151. The van der Waals surface area contributed by atoms with Gasteiger partial charge in [0.25, 0.3) is 0 Å². The summed E-state index contributed by atoms with van der Waals surface area (Å²) in [6, 6.07) is 15.9. The van der Waals surface area contributed by atoms with E-state index >= 15 is 0 Å². The van der Waals surface area contributed by atoms with E-state index in [0.717, 1.165) is 42.5 Å². The molecule has 30 heavy (non-hydrogen) atoms. The van der Waals surface area contributed by atoms with Crippen LogP contribution >= 0.6 is 23.4 Å². The summed E-state index contributed by atoms with van der Waals surface area (Å²) in [6.07, 6.45) is 0.928. The molecule has 2 aromatic carbocycles. The second-order valence-corrected chi connectivity index (χ2v) is 9.12. The fourth-order valence-electron chi connectivity index (χ4n) is 3.96. The van der Waals surface area contributed by atoms with E-state index in [-0.39, 0.29) is 11.8 Å². The molecular formula is C23H26ClN3O2S. The van der Waals surface area contributed by atoms with E-state index in [9.17, 15) is 9.59 Å². The summed E-state index contributed by atoms with van der Waals surface area (Å²) in [5, 5.41) is 0.727. The third-order valence-electron chi connectivity index (χ3n) is 5.68. The Hall–Kier alpha value is -2.02. The van der Waals surface area contributed by atoms with Crippen molar-refractivity contribution >= 4 is 40.9 Å². The second-order valence-electron chi connectivity index (χ2n) is 7.70. The Kier molecular flexibility index (Phi) is 6.97. The quantitative estimate of drug-likeness (QED) is 0.687. The molecule has 0 saturated carbocycles. The number of benzene rings is 2. The number of hydrogen-bond acceptors (Lipinski definition) is 4. The Bertz CT molecular complexity index is 898. The van der Waals surface area contributed by atoms with Crippen molar-refractivity contribution in [3.05, 3.63) is 64.7 Å². The van der Waals surface area contributed by atoms with Gasteiger partial charge in [0.15, 0.2) is 0 Å². The van der Waals surface area contributed by atoms with Gasteiger partial charge in [-0.3, -0.25) is 14.5 Å². The smallest absolute Gasteiger partial charge is 0.241 e. The first-order chi connectivity index (χ1) is 14.6. The lowest BCUT2D eigenvalue weighted by atomic mass is 10.2. The van der Waals surface area contributed by atoms with Crippen LogP contribution in [0.2, 0.25) is 5.02 Å². The van der Waals surface area contributed by atoms with Crippen LogP contribution in [0.3, 0.4) is 0 Å². The lowest BCUT2D eigenvalue weighted by molar-refractivity contribution is -0.130. The van der Waals surface area contributed by atoms with Crippen molar-refractivity contribution in [1.29, 1.82) is 0 Å². The van der Waals surface area contributed by atoms with Crippen molar-refractivity contribution in [1.82, 2.24) is 9.80 Å². The van der Waals surface area contributed by atoms with Crippen molar-refractivity contribution in [2.45, 2.75) is 12.2 Å². The van der Waals surface area contributed by atoms with Gasteiger partial charge in [-0.1, -0.05) is 41.9 Å². The molecule has 4 rings (SSSR count). The highest BCUT2D eigenvalue weighted by atomic mass is 35.5. The van der Waals surface area contributed by atoms with Gasteiger partial charge in [-0.2, -0.15) is 0 Å². The largest absolute Gasteiger partial charge is 0.339 e. The maximum Gasteiger partial charge on any atom is 0.241 e. The lowest BCUT2D eigenvalue weighted by Crippen LogP contribution is -2.51. The fraction of sp³-hybridized carbons (Fsp3) is 0.391. The summed E-state index contributed by atoms with van der Waals surface area (Å²) >= 11 is 7.53. The molecule has 0 bridgehead atoms. The topological polar surface area (TPSA) is 43.9 Å². The van der Waals surface area contributed by atoms with E-state index in [1.165, 1.54) is 11.1 Å². The lowest BCUT2D eigenvalue weighted by Gasteiger charge is -2.35. The monoisotopic (exact) mass is 443 g/mol. The Morgan fingerprint density at radius 1 is 0.900 bits per heavy atom. The highest BCUT2D eigenvalue weighted by Crippen LogP contribution is 2.27. The molecule has 0 radical (unpaired) electrons. The molecule has 0 aromatic heterocycles. The number of rotatable bonds is 6. The highest BCUT2D eigenvalue weighted by Gasteiger charge is 2.27. The number of anilines is 1. The van der Waals surface area contributed by atoms with Crippen LogP contribution in [-0.2, 0) is 21.8 Å². The van der Waals surface area contributed by atoms with E-state index in [1.54, 1.807) is 11.8 Å². The van der Waals surface area contributed by atoms with Crippen LogP contribution in [0.25, 0.3) is 0 Å². The number of nitrogens with zero attached hydrogens (tertiary/aromatic N) is 3. The normalized spacial score (nSPS) is 16.6. The van der Waals surface area contributed by atoms with Crippen LogP contribution in [0.15, 0.2) is 48.5 Å². The Morgan fingerprint density at radius 3 is 2.40 bits per heavy atom. The molecule has 5 nitrogen and oxygen atoms in total. The van der Waals surface area contributed by atoms with Crippen molar-refractivity contribution in [2.24, 2.45) is 0 Å². The number of carbonyl (C=O) groups is 2. The van der Waals surface area contributed by atoms with Gasteiger partial charge in [0.1, 0.15) is 0 Å². The van der Waals surface area contributed by atoms with Crippen LogP contribution in [0, 0.1) is 0 Å². The van der Waals surface area contributed by atoms with E-state index in [0.29, 0.717) is 25.4 Å². The van der Waals surface area contributed by atoms with Crippen LogP contribution in [0.5, 0.6) is 0 Å². The fourth-order valence-corrected chi connectivity index (χ4v) is 4.97. The predicted octanol–water partition coefficient (Wildman–Crippen LogP) is 3.31. The third kappa shape index (κ3) is 5.17. The minimum Gasteiger partial charge on any atom is -0.339 e. The zero-order valence-corrected chi connectivity index (χ0v) is 18.5. The predicted molar refractivity (Wildman–Crippen MR) is 123 cm³/mol. The van der Waals surface area contributed by atoms with Crippen molar-refractivity contribution in [3.8, 4) is 0 Å². The summed E-state index contributed by atoms with van der Waals surface area (Å²) in [4.78, 5) is 31.3. The molecule has 0 aliphatic carbocycles. The van der Waals surface area contributed by atoms with E-state index < -0.39 is 0 Å². The van der Waals surface area contributed by atoms with E-state index in [4.69, 9.17) is 11.6 Å². The number of hydrogen-bond donors (Lipinski definition) is 0. The molecule has 2 amide bonds. The molecule has 2 aromatic rings. The summed E-state index contributed by atoms with van der Waals surface area (Å²) < 4.78 is 0. The summed E-state index contributed by atoms with van der Waals surface area (Å²) in [7, 11) is 0. The number of piperazine rings is 1. The van der Waals surface area contributed by atoms with Gasteiger partial charge < -0.3 is 9.80 Å². The molecule has 1 fully saturated rings. The van der Waals surface area contributed by atoms with E-state index in [1.807, 2.05) is 52.3 Å². The van der Waals surface area contributed by atoms with Gasteiger partial charge in [-0.25, -0.2) is 0 Å². The summed E-state index contributed by atoms with van der Waals surface area (Å²) in [6.45, 7) is 4.04. The zero-order valence-electron chi connectivity index (χ0n) is 16.9. The first-order valence-corrected chi connectivity index (χ1v) is 11.8. The van der Waals surface area contributed by atoms with Crippen molar-refractivity contribution in [2.75, 3.05) is 49.9 Å². The maximum atomic E-state index is 12.8. The van der Waals surface area contributed by atoms with Gasteiger partial charge in [0, 0.05) is 49.2 Å². The standard InChI is InChI=1S/C23H26ClN3O2S/c24-20-7-5-18(6-8-20)16-30-17-23(29)26-13-11-25(12-14-26)15-22(28)27-10-9-19-3-1-2-4-21(19)27/h1-8H,9-17H2.